The van der Waals surface area contributed by atoms with Gasteiger partial charge in [-0.05, 0) is 56.1 Å². The summed E-state index contributed by atoms with van der Waals surface area (Å²) in [5.41, 5.74) is 1.11. The third kappa shape index (κ3) is 5.57. The number of methoxy groups -OCH3 is 1. The highest BCUT2D eigenvalue weighted by atomic mass is 16.5. The summed E-state index contributed by atoms with van der Waals surface area (Å²) in [5.74, 6) is 3.27. The molecule has 1 aliphatic heterocycles. The molecule has 1 saturated heterocycles. The fourth-order valence-corrected chi connectivity index (χ4v) is 3.33. The molecule has 2 heterocycles. The minimum Gasteiger partial charge on any atom is -0.493 e. The summed E-state index contributed by atoms with van der Waals surface area (Å²) in [6.07, 6.45) is 6.15. The number of ether oxygens (including phenoxy) is 2. The molecule has 1 aromatic carbocycles. The number of rotatable bonds is 9. The maximum absolute atomic E-state index is 6.03. The van der Waals surface area contributed by atoms with Gasteiger partial charge >= 0.3 is 0 Å². The molecule has 0 saturated carbocycles. The average molecular weight is 370 g/mol. The van der Waals surface area contributed by atoms with Gasteiger partial charge < -0.3 is 19.3 Å². The van der Waals surface area contributed by atoms with E-state index in [9.17, 15) is 0 Å². The lowest BCUT2D eigenvalue weighted by atomic mass is 10.1. The SMILES string of the molecule is COc1ccc(Cc2nccc(N(C)C)n2)cc1OCCCN1CCCC1. The molecule has 6 heteroatoms. The zero-order valence-corrected chi connectivity index (χ0v) is 16.6. The Morgan fingerprint density at radius 3 is 2.67 bits per heavy atom. The lowest BCUT2D eigenvalue weighted by Crippen LogP contribution is -2.21. The first kappa shape index (κ1) is 19.4. The van der Waals surface area contributed by atoms with Gasteiger partial charge in [-0.15, -0.1) is 0 Å². The molecule has 27 heavy (non-hydrogen) atoms. The molecule has 2 aromatic rings. The summed E-state index contributed by atoms with van der Waals surface area (Å²) in [5, 5.41) is 0. The van der Waals surface area contributed by atoms with Crippen molar-refractivity contribution in [3.05, 3.63) is 41.9 Å². The number of likely N-dealkylation sites (tertiary alicyclic amines) is 1. The van der Waals surface area contributed by atoms with Crippen molar-refractivity contribution >= 4 is 5.82 Å². The van der Waals surface area contributed by atoms with Crippen LogP contribution in [-0.2, 0) is 6.42 Å². The minimum atomic E-state index is 0.663. The highest BCUT2D eigenvalue weighted by molar-refractivity contribution is 5.44. The standard InChI is InChI=1S/C21H30N4O2/c1-24(2)21-9-10-22-20(23-21)16-17-7-8-18(26-3)19(15-17)27-14-6-13-25-11-4-5-12-25/h7-10,15H,4-6,11-14,16H2,1-3H3. The smallest absolute Gasteiger partial charge is 0.161 e. The van der Waals surface area contributed by atoms with E-state index in [1.165, 1.54) is 25.9 Å². The first-order chi connectivity index (χ1) is 13.2. The Balaban J connectivity index is 1.61. The molecular weight excluding hydrogens is 340 g/mol. The maximum Gasteiger partial charge on any atom is 0.161 e. The second kappa shape index (κ2) is 9.55. The van der Waals surface area contributed by atoms with Crippen molar-refractivity contribution in [3.63, 3.8) is 0 Å². The lowest BCUT2D eigenvalue weighted by Gasteiger charge is -2.16. The van der Waals surface area contributed by atoms with Gasteiger partial charge in [0, 0.05) is 33.3 Å². The van der Waals surface area contributed by atoms with Crippen LogP contribution >= 0.6 is 0 Å². The maximum atomic E-state index is 6.03. The molecule has 0 spiro atoms. The summed E-state index contributed by atoms with van der Waals surface area (Å²) < 4.78 is 11.5. The molecule has 0 radical (unpaired) electrons. The Morgan fingerprint density at radius 1 is 1.11 bits per heavy atom. The number of aromatic nitrogens is 2. The predicted octanol–water partition coefficient (Wildman–Crippen LogP) is 3.01. The van der Waals surface area contributed by atoms with E-state index in [1.54, 1.807) is 13.3 Å². The zero-order chi connectivity index (χ0) is 19.1. The average Bonchev–Trinajstić information content (AvgIpc) is 3.19. The molecule has 0 N–H and O–H groups in total. The third-order valence-electron chi connectivity index (χ3n) is 4.81. The monoisotopic (exact) mass is 370 g/mol. The summed E-state index contributed by atoms with van der Waals surface area (Å²) in [4.78, 5) is 13.5. The Bertz CT molecular complexity index is 730. The highest BCUT2D eigenvalue weighted by Gasteiger charge is 2.12. The Labute approximate surface area is 162 Å². The molecule has 0 bridgehead atoms. The molecule has 1 aromatic heterocycles. The van der Waals surface area contributed by atoms with Crippen molar-refractivity contribution in [1.29, 1.82) is 0 Å². The Morgan fingerprint density at radius 2 is 1.93 bits per heavy atom. The minimum absolute atomic E-state index is 0.663. The normalized spacial score (nSPS) is 14.3. The van der Waals surface area contributed by atoms with Crippen LogP contribution in [0.2, 0.25) is 0 Å². The van der Waals surface area contributed by atoms with Crippen LogP contribution in [0, 0.1) is 0 Å². The van der Waals surface area contributed by atoms with Crippen LogP contribution in [0.4, 0.5) is 5.82 Å². The summed E-state index contributed by atoms with van der Waals surface area (Å²) in [6.45, 7) is 4.26. The fraction of sp³-hybridized carbons (Fsp3) is 0.524. The Hall–Kier alpha value is -2.34. The first-order valence-corrected chi connectivity index (χ1v) is 9.67. The van der Waals surface area contributed by atoms with Crippen LogP contribution in [0.25, 0.3) is 0 Å². The molecule has 6 nitrogen and oxygen atoms in total. The quantitative estimate of drug-likeness (QED) is 0.633. The molecule has 146 valence electrons. The number of nitrogens with zero attached hydrogens (tertiary/aromatic N) is 4. The molecular formula is C21H30N4O2. The Kier molecular flexibility index (Phi) is 6.87. The fourth-order valence-electron chi connectivity index (χ4n) is 3.33. The number of anilines is 1. The third-order valence-corrected chi connectivity index (χ3v) is 4.81. The molecule has 0 aliphatic carbocycles. The van der Waals surface area contributed by atoms with E-state index in [4.69, 9.17) is 9.47 Å². The second-order valence-corrected chi connectivity index (χ2v) is 7.14. The van der Waals surface area contributed by atoms with Crippen LogP contribution in [0.3, 0.4) is 0 Å². The van der Waals surface area contributed by atoms with Gasteiger partial charge in [0.15, 0.2) is 11.5 Å². The molecule has 1 aliphatic rings. The van der Waals surface area contributed by atoms with Gasteiger partial charge in [0.1, 0.15) is 11.6 Å². The van der Waals surface area contributed by atoms with E-state index >= 15 is 0 Å². The van der Waals surface area contributed by atoms with Crippen LogP contribution in [0.15, 0.2) is 30.5 Å². The number of hydrogen-bond donors (Lipinski definition) is 0. The molecule has 3 rings (SSSR count). The van der Waals surface area contributed by atoms with Gasteiger partial charge in [-0.3, -0.25) is 0 Å². The zero-order valence-electron chi connectivity index (χ0n) is 16.6. The molecule has 0 unspecified atom stereocenters. The number of benzene rings is 1. The van der Waals surface area contributed by atoms with E-state index in [2.05, 4.69) is 14.9 Å². The van der Waals surface area contributed by atoms with Crippen molar-refractivity contribution in [3.8, 4) is 11.5 Å². The van der Waals surface area contributed by atoms with E-state index in [0.29, 0.717) is 13.0 Å². The molecule has 0 amide bonds. The molecule has 1 fully saturated rings. The van der Waals surface area contributed by atoms with Crippen molar-refractivity contribution in [2.75, 3.05) is 52.3 Å². The van der Waals surface area contributed by atoms with Gasteiger partial charge in [0.2, 0.25) is 0 Å². The van der Waals surface area contributed by atoms with Crippen molar-refractivity contribution in [1.82, 2.24) is 14.9 Å². The van der Waals surface area contributed by atoms with E-state index < -0.39 is 0 Å². The highest BCUT2D eigenvalue weighted by Crippen LogP contribution is 2.29. The first-order valence-electron chi connectivity index (χ1n) is 9.67. The van der Waals surface area contributed by atoms with Gasteiger partial charge in [0.05, 0.1) is 13.7 Å². The van der Waals surface area contributed by atoms with E-state index in [1.807, 2.05) is 43.3 Å². The lowest BCUT2D eigenvalue weighted by molar-refractivity contribution is 0.254. The molecule has 0 atom stereocenters. The van der Waals surface area contributed by atoms with Crippen LogP contribution < -0.4 is 14.4 Å². The van der Waals surface area contributed by atoms with Crippen molar-refractivity contribution in [2.45, 2.75) is 25.7 Å². The largest absolute Gasteiger partial charge is 0.493 e. The predicted molar refractivity (Wildman–Crippen MR) is 108 cm³/mol. The van der Waals surface area contributed by atoms with E-state index in [-0.39, 0.29) is 0 Å². The number of hydrogen-bond acceptors (Lipinski definition) is 6. The summed E-state index contributed by atoms with van der Waals surface area (Å²) >= 11 is 0. The topological polar surface area (TPSA) is 50.7 Å². The van der Waals surface area contributed by atoms with Crippen LogP contribution in [0.5, 0.6) is 11.5 Å². The van der Waals surface area contributed by atoms with E-state index in [0.717, 1.165) is 41.7 Å². The summed E-state index contributed by atoms with van der Waals surface area (Å²) in [7, 11) is 5.64. The van der Waals surface area contributed by atoms with Gasteiger partial charge in [-0.2, -0.15) is 0 Å². The van der Waals surface area contributed by atoms with Crippen molar-refractivity contribution < 1.29 is 9.47 Å². The second-order valence-electron chi connectivity index (χ2n) is 7.14. The summed E-state index contributed by atoms with van der Waals surface area (Å²) in [6, 6.07) is 7.95. The van der Waals surface area contributed by atoms with Gasteiger partial charge in [-0.25, -0.2) is 9.97 Å². The van der Waals surface area contributed by atoms with Crippen LogP contribution in [0.1, 0.15) is 30.7 Å². The van der Waals surface area contributed by atoms with Gasteiger partial charge in [0.25, 0.3) is 0 Å². The van der Waals surface area contributed by atoms with Crippen molar-refractivity contribution in [2.24, 2.45) is 0 Å². The van der Waals surface area contributed by atoms with Gasteiger partial charge in [-0.1, -0.05) is 6.07 Å². The van der Waals surface area contributed by atoms with Crippen LogP contribution in [-0.4, -0.2) is 62.3 Å².